The van der Waals surface area contributed by atoms with Crippen molar-refractivity contribution in [2.24, 2.45) is 0 Å². The summed E-state index contributed by atoms with van der Waals surface area (Å²) in [6.07, 6.45) is 6.51. The normalized spacial score (nSPS) is 13.3. The van der Waals surface area contributed by atoms with E-state index in [9.17, 15) is 5.26 Å². The average Bonchev–Trinajstić information content (AvgIpc) is 3.64. The Bertz CT molecular complexity index is 2530. The molecule has 0 saturated carbocycles. The number of para-hydroxylation sites is 3. The van der Waals surface area contributed by atoms with Gasteiger partial charge in [0.05, 0.1) is 33.7 Å². The quantitative estimate of drug-likeness (QED) is 0.202. The van der Waals surface area contributed by atoms with Gasteiger partial charge in [0.15, 0.2) is 0 Å². The fourth-order valence-corrected chi connectivity index (χ4v) is 7.30. The second-order valence-electron chi connectivity index (χ2n) is 12.0. The highest BCUT2D eigenvalue weighted by atomic mass is 15.0. The Kier molecular flexibility index (Phi) is 6.01. The van der Waals surface area contributed by atoms with Crippen LogP contribution < -0.4 is 0 Å². The maximum Gasteiger partial charge on any atom is 0.0991 e. The summed E-state index contributed by atoms with van der Waals surface area (Å²) in [4.78, 5) is 0. The lowest BCUT2D eigenvalue weighted by Gasteiger charge is -2.18. The third kappa shape index (κ3) is 4.12. The van der Waals surface area contributed by atoms with Gasteiger partial charge in [0, 0.05) is 32.9 Å². The van der Waals surface area contributed by atoms with Crippen LogP contribution in [0.2, 0.25) is 0 Å². The first-order valence-electron chi connectivity index (χ1n) is 15.8. The molecule has 2 aromatic heterocycles. The van der Waals surface area contributed by atoms with Crippen molar-refractivity contribution in [1.29, 1.82) is 5.26 Å². The molecule has 1 aliphatic rings. The van der Waals surface area contributed by atoms with E-state index in [1.807, 2.05) is 18.2 Å². The molecule has 6 aromatic carbocycles. The Morgan fingerprint density at radius 2 is 1.11 bits per heavy atom. The minimum atomic E-state index is 0.686. The smallest absolute Gasteiger partial charge is 0.0991 e. The van der Waals surface area contributed by atoms with Crippen molar-refractivity contribution in [2.75, 3.05) is 0 Å². The number of fused-ring (bicyclic) bond motifs is 6. The van der Waals surface area contributed by atoms with Crippen molar-refractivity contribution in [3.8, 4) is 22.9 Å². The summed E-state index contributed by atoms with van der Waals surface area (Å²) in [5, 5.41) is 14.5. The number of allylic oxidation sites excluding steroid dienone is 4. The van der Waals surface area contributed by atoms with E-state index in [0.717, 1.165) is 24.1 Å². The Morgan fingerprint density at radius 1 is 0.500 bits per heavy atom. The summed E-state index contributed by atoms with van der Waals surface area (Å²) in [5.41, 5.74) is 12.6. The minimum absolute atomic E-state index is 0.686. The van der Waals surface area contributed by atoms with Gasteiger partial charge in [-0.05, 0) is 95.8 Å². The van der Waals surface area contributed by atoms with Gasteiger partial charge in [-0.1, -0.05) is 91.0 Å². The molecule has 3 nitrogen and oxygen atoms in total. The molecule has 8 aromatic rings. The van der Waals surface area contributed by atoms with Crippen LogP contribution in [-0.2, 0) is 0 Å². The highest BCUT2D eigenvalue weighted by molar-refractivity contribution is 6.12. The van der Waals surface area contributed by atoms with Gasteiger partial charge in [0.1, 0.15) is 0 Å². The van der Waals surface area contributed by atoms with Crippen molar-refractivity contribution < 1.29 is 0 Å². The van der Waals surface area contributed by atoms with Gasteiger partial charge in [-0.2, -0.15) is 5.26 Å². The monoisotopic (exact) mass is 587 g/mol. The van der Waals surface area contributed by atoms with Crippen LogP contribution in [0.15, 0.2) is 152 Å². The van der Waals surface area contributed by atoms with Gasteiger partial charge >= 0.3 is 0 Å². The van der Waals surface area contributed by atoms with Gasteiger partial charge in [0.2, 0.25) is 0 Å². The van der Waals surface area contributed by atoms with E-state index in [1.165, 1.54) is 66.0 Å². The number of hydrogen-bond donors (Lipinski definition) is 0. The predicted octanol–water partition coefficient (Wildman–Crippen LogP) is 11.1. The van der Waals surface area contributed by atoms with Crippen LogP contribution in [0.25, 0.3) is 71.7 Å². The number of nitriles is 1. The van der Waals surface area contributed by atoms with Crippen LogP contribution in [0.5, 0.6) is 0 Å². The molecule has 0 aliphatic heterocycles. The largest absolute Gasteiger partial charge is 0.313 e. The third-order valence-corrected chi connectivity index (χ3v) is 9.41. The molecule has 0 spiro atoms. The molecule has 0 bridgehead atoms. The molecule has 1 aliphatic carbocycles. The Hall–Kier alpha value is -6.11. The van der Waals surface area contributed by atoms with Crippen LogP contribution in [0.4, 0.5) is 0 Å². The zero-order chi connectivity index (χ0) is 30.6. The zero-order valence-corrected chi connectivity index (χ0v) is 25.2. The molecule has 0 radical (unpaired) electrons. The Morgan fingerprint density at radius 3 is 1.80 bits per heavy atom. The molecule has 0 amide bonds. The molecular formula is C43H29N3. The predicted molar refractivity (Wildman–Crippen MR) is 192 cm³/mol. The van der Waals surface area contributed by atoms with Gasteiger partial charge in [-0.15, -0.1) is 0 Å². The molecule has 0 fully saturated rings. The molecule has 0 saturated heterocycles. The van der Waals surface area contributed by atoms with Crippen LogP contribution >= 0.6 is 0 Å². The van der Waals surface area contributed by atoms with Crippen molar-refractivity contribution in [3.05, 3.63) is 163 Å². The fourth-order valence-electron chi connectivity index (χ4n) is 7.30. The van der Waals surface area contributed by atoms with E-state index < -0.39 is 0 Å². The molecule has 3 heteroatoms. The fraction of sp³-hybridized carbons (Fsp3) is 0.0465. The van der Waals surface area contributed by atoms with E-state index >= 15 is 0 Å². The van der Waals surface area contributed by atoms with E-state index in [0.29, 0.717) is 5.56 Å². The van der Waals surface area contributed by atoms with Crippen molar-refractivity contribution in [2.45, 2.75) is 12.8 Å². The lowest BCUT2D eigenvalue weighted by molar-refractivity contribution is 0.982. The third-order valence-electron chi connectivity index (χ3n) is 9.41. The lowest BCUT2D eigenvalue weighted by Crippen LogP contribution is -2.01. The second kappa shape index (κ2) is 10.5. The summed E-state index contributed by atoms with van der Waals surface area (Å²) in [6.45, 7) is 0. The second-order valence-corrected chi connectivity index (χ2v) is 12.0. The van der Waals surface area contributed by atoms with Crippen molar-refractivity contribution in [1.82, 2.24) is 9.13 Å². The van der Waals surface area contributed by atoms with Crippen molar-refractivity contribution >= 4 is 54.9 Å². The topological polar surface area (TPSA) is 33.6 Å². The molecule has 9 rings (SSSR count). The molecule has 2 heterocycles. The maximum atomic E-state index is 9.45. The van der Waals surface area contributed by atoms with Crippen LogP contribution in [0.3, 0.4) is 0 Å². The number of nitrogens with zero attached hydrogens (tertiary/aromatic N) is 3. The highest BCUT2D eigenvalue weighted by Crippen LogP contribution is 2.39. The van der Waals surface area contributed by atoms with Gasteiger partial charge in [-0.3, -0.25) is 0 Å². The SMILES string of the molecule is N#Cc1cccc(C2=CCCC(n3c4ccccc4c4cc(-c5ccc(-n6c7ccccc7c7ccccc76)cc5)ccc43)=C2)c1. The zero-order valence-electron chi connectivity index (χ0n) is 25.2. The van der Waals surface area contributed by atoms with Crippen molar-refractivity contribution in [3.63, 3.8) is 0 Å². The summed E-state index contributed by atoms with van der Waals surface area (Å²) >= 11 is 0. The number of hydrogen-bond acceptors (Lipinski definition) is 1. The van der Waals surface area contributed by atoms with E-state index in [2.05, 4.69) is 149 Å². The molecular weight excluding hydrogens is 558 g/mol. The van der Waals surface area contributed by atoms with E-state index in [-0.39, 0.29) is 0 Å². The molecule has 0 N–H and O–H groups in total. The molecule has 216 valence electrons. The number of benzene rings is 6. The molecule has 0 atom stereocenters. The summed E-state index contributed by atoms with van der Waals surface area (Å²) in [6, 6.07) is 52.0. The highest BCUT2D eigenvalue weighted by Gasteiger charge is 2.17. The number of rotatable bonds is 4. The van der Waals surface area contributed by atoms with Gasteiger partial charge in [-0.25, -0.2) is 0 Å². The van der Waals surface area contributed by atoms with Gasteiger partial charge < -0.3 is 9.13 Å². The van der Waals surface area contributed by atoms with Crippen LogP contribution in [-0.4, -0.2) is 9.13 Å². The number of aromatic nitrogens is 2. The Labute approximate surface area is 267 Å². The molecule has 46 heavy (non-hydrogen) atoms. The summed E-state index contributed by atoms with van der Waals surface area (Å²) in [7, 11) is 0. The first-order valence-corrected chi connectivity index (χ1v) is 15.8. The van der Waals surface area contributed by atoms with E-state index in [4.69, 9.17) is 0 Å². The Balaban J connectivity index is 1.14. The summed E-state index contributed by atoms with van der Waals surface area (Å²) < 4.78 is 4.80. The standard InChI is InChI=1S/C43H29N3/c44-28-29-9-7-10-31(25-29)32-11-8-12-35(26-32)46-42-18-6-3-15-38(42)39-27-33(21-24-43(39)46)30-19-22-34(23-20-30)45-40-16-4-1-13-36(40)37-14-2-5-17-41(37)45/h1-7,9-11,13-27H,8,12H2. The van der Waals surface area contributed by atoms with Gasteiger partial charge in [0.25, 0.3) is 0 Å². The summed E-state index contributed by atoms with van der Waals surface area (Å²) in [5.74, 6) is 0. The minimum Gasteiger partial charge on any atom is -0.313 e. The van der Waals surface area contributed by atoms with Crippen LogP contribution in [0.1, 0.15) is 24.0 Å². The first-order chi connectivity index (χ1) is 22.8. The maximum absolute atomic E-state index is 9.45. The van der Waals surface area contributed by atoms with E-state index in [1.54, 1.807) is 0 Å². The lowest BCUT2D eigenvalue weighted by atomic mass is 9.96. The first kappa shape index (κ1) is 26.3. The van der Waals surface area contributed by atoms with Crippen LogP contribution in [0, 0.1) is 11.3 Å². The average molecular weight is 588 g/mol. The molecule has 0 unspecified atom stereocenters.